The molecule has 0 aliphatic rings. The molecular weight excluding hydrogens is 500 g/mol. The van der Waals surface area contributed by atoms with Crippen molar-refractivity contribution in [3.63, 3.8) is 0 Å². The van der Waals surface area contributed by atoms with Gasteiger partial charge in [0, 0.05) is 10.9 Å². The SMILES string of the molecule is CCOC(=O)c1c(NC(=O)c2cc(-c3ccccc3C)nc3c(Cl)cccc23)sc(C(=O)OC)c1C. The van der Waals surface area contributed by atoms with Crippen molar-refractivity contribution < 1.29 is 23.9 Å². The molecule has 0 atom stereocenters. The highest BCUT2D eigenvalue weighted by Crippen LogP contribution is 2.36. The fraction of sp³-hybridized carbons (Fsp3) is 0.185. The Morgan fingerprint density at radius 3 is 2.50 bits per heavy atom. The second kappa shape index (κ2) is 10.5. The second-order valence-electron chi connectivity index (χ2n) is 7.93. The highest BCUT2D eigenvalue weighted by Gasteiger charge is 2.28. The van der Waals surface area contributed by atoms with Crippen LogP contribution in [0.25, 0.3) is 22.2 Å². The molecule has 2 aromatic heterocycles. The summed E-state index contributed by atoms with van der Waals surface area (Å²) in [6.07, 6.45) is 0. The van der Waals surface area contributed by atoms with Crippen LogP contribution in [0.3, 0.4) is 0 Å². The molecule has 0 saturated carbocycles. The number of hydrogen-bond donors (Lipinski definition) is 1. The van der Waals surface area contributed by atoms with E-state index >= 15 is 0 Å². The fourth-order valence-electron chi connectivity index (χ4n) is 3.91. The van der Waals surface area contributed by atoms with Crippen molar-refractivity contribution in [2.75, 3.05) is 19.0 Å². The number of rotatable bonds is 6. The van der Waals surface area contributed by atoms with E-state index in [9.17, 15) is 14.4 Å². The number of carbonyl (C=O) groups excluding carboxylic acids is 3. The number of pyridine rings is 1. The summed E-state index contributed by atoms with van der Waals surface area (Å²) in [4.78, 5) is 43.6. The van der Waals surface area contributed by atoms with Gasteiger partial charge in [-0.05, 0) is 44.0 Å². The van der Waals surface area contributed by atoms with E-state index in [1.165, 1.54) is 7.11 Å². The summed E-state index contributed by atoms with van der Waals surface area (Å²) in [5, 5.41) is 3.97. The Bertz CT molecular complexity index is 1510. The Balaban J connectivity index is 1.86. The number of aromatic nitrogens is 1. The summed E-state index contributed by atoms with van der Waals surface area (Å²) in [5.74, 6) is -1.73. The van der Waals surface area contributed by atoms with Gasteiger partial charge in [0.1, 0.15) is 9.88 Å². The molecule has 0 aliphatic heterocycles. The van der Waals surface area contributed by atoms with E-state index in [1.807, 2.05) is 31.2 Å². The highest BCUT2D eigenvalue weighted by molar-refractivity contribution is 7.18. The Labute approximate surface area is 217 Å². The first-order chi connectivity index (χ1) is 17.3. The first-order valence-corrected chi connectivity index (χ1v) is 12.3. The number of aryl methyl sites for hydroxylation is 1. The maximum Gasteiger partial charge on any atom is 0.348 e. The van der Waals surface area contributed by atoms with Crippen LogP contribution in [0.1, 0.15) is 48.4 Å². The lowest BCUT2D eigenvalue weighted by Crippen LogP contribution is -2.16. The number of methoxy groups -OCH3 is 1. The lowest BCUT2D eigenvalue weighted by atomic mass is 10.0. The minimum Gasteiger partial charge on any atom is -0.465 e. The van der Waals surface area contributed by atoms with Gasteiger partial charge in [0.2, 0.25) is 0 Å². The van der Waals surface area contributed by atoms with E-state index in [0.717, 1.165) is 22.5 Å². The maximum absolute atomic E-state index is 13.7. The molecule has 7 nitrogen and oxygen atoms in total. The van der Waals surface area contributed by atoms with E-state index in [2.05, 4.69) is 5.32 Å². The zero-order chi connectivity index (χ0) is 26.0. The van der Waals surface area contributed by atoms with Gasteiger partial charge in [-0.1, -0.05) is 48.0 Å². The van der Waals surface area contributed by atoms with Gasteiger partial charge in [0.25, 0.3) is 5.91 Å². The van der Waals surface area contributed by atoms with Crippen LogP contribution >= 0.6 is 22.9 Å². The second-order valence-corrected chi connectivity index (χ2v) is 9.36. The summed E-state index contributed by atoms with van der Waals surface area (Å²) in [6.45, 7) is 5.39. The standard InChI is InChI=1S/C27H23ClN2O5S/c1-5-35-26(32)21-15(3)23(27(33)34-4)36-25(21)30-24(31)18-13-20(16-10-7-6-9-14(16)2)29-22-17(18)11-8-12-19(22)28/h6-13H,5H2,1-4H3,(H,30,31). The van der Waals surface area contributed by atoms with Gasteiger partial charge >= 0.3 is 11.9 Å². The lowest BCUT2D eigenvalue weighted by molar-refractivity contribution is 0.0527. The molecule has 0 bridgehead atoms. The molecular formula is C27H23ClN2O5S. The molecule has 2 aromatic carbocycles. The number of hydrogen-bond acceptors (Lipinski definition) is 7. The van der Waals surface area contributed by atoms with Crippen molar-refractivity contribution in [2.24, 2.45) is 0 Å². The summed E-state index contributed by atoms with van der Waals surface area (Å²) in [5.41, 5.74) is 3.73. The number of para-hydroxylation sites is 1. The van der Waals surface area contributed by atoms with Gasteiger partial charge in [-0.3, -0.25) is 4.79 Å². The Hall–Kier alpha value is -3.75. The zero-order valence-corrected chi connectivity index (χ0v) is 21.7. The summed E-state index contributed by atoms with van der Waals surface area (Å²) >= 11 is 7.42. The van der Waals surface area contributed by atoms with Crippen LogP contribution in [0.4, 0.5) is 5.00 Å². The highest BCUT2D eigenvalue weighted by atomic mass is 35.5. The van der Waals surface area contributed by atoms with Gasteiger partial charge in [0.05, 0.1) is 41.1 Å². The number of ether oxygens (including phenoxy) is 2. The van der Waals surface area contributed by atoms with Crippen molar-refractivity contribution in [2.45, 2.75) is 20.8 Å². The van der Waals surface area contributed by atoms with Crippen LogP contribution in [0.5, 0.6) is 0 Å². The summed E-state index contributed by atoms with van der Waals surface area (Å²) in [7, 11) is 1.25. The normalized spacial score (nSPS) is 10.8. The largest absolute Gasteiger partial charge is 0.465 e. The van der Waals surface area contributed by atoms with Crippen molar-refractivity contribution in [3.05, 3.63) is 80.7 Å². The minimum absolute atomic E-state index is 0.117. The number of nitrogens with zero attached hydrogens (tertiary/aromatic N) is 1. The smallest absolute Gasteiger partial charge is 0.348 e. The topological polar surface area (TPSA) is 94.6 Å². The number of fused-ring (bicyclic) bond motifs is 1. The molecule has 1 N–H and O–H groups in total. The van der Waals surface area contributed by atoms with Crippen molar-refractivity contribution in [3.8, 4) is 11.3 Å². The molecule has 0 radical (unpaired) electrons. The van der Waals surface area contributed by atoms with Crippen LogP contribution in [-0.2, 0) is 9.47 Å². The average molecular weight is 523 g/mol. The molecule has 4 aromatic rings. The van der Waals surface area contributed by atoms with Crippen LogP contribution < -0.4 is 5.32 Å². The lowest BCUT2D eigenvalue weighted by Gasteiger charge is -2.13. The molecule has 4 rings (SSSR count). The van der Waals surface area contributed by atoms with Crippen molar-refractivity contribution >= 4 is 56.7 Å². The third kappa shape index (κ3) is 4.69. The van der Waals surface area contributed by atoms with Gasteiger partial charge in [-0.2, -0.15) is 0 Å². The van der Waals surface area contributed by atoms with Gasteiger partial charge < -0.3 is 14.8 Å². The Morgan fingerprint density at radius 1 is 1.06 bits per heavy atom. The maximum atomic E-state index is 13.7. The van der Waals surface area contributed by atoms with Gasteiger partial charge in [-0.15, -0.1) is 11.3 Å². The molecule has 1 amide bonds. The Morgan fingerprint density at radius 2 is 1.81 bits per heavy atom. The number of esters is 2. The third-order valence-corrected chi connectivity index (χ3v) is 7.17. The summed E-state index contributed by atoms with van der Waals surface area (Å²) in [6, 6.07) is 14.6. The van der Waals surface area contributed by atoms with E-state index in [4.69, 9.17) is 26.1 Å². The molecule has 0 saturated heterocycles. The number of anilines is 1. The minimum atomic E-state index is -0.639. The van der Waals surface area contributed by atoms with Crippen molar-refractivity contribution in [1.82, 2.24) is 4.98 Å². The van der Waals surface area contributed by atoms with E-state index < -0.39 is 17.8 Å². The predicted octanol–water partition coefficient (Wildman–Crippen LogP) is 6.45. The van der Waals surface area contributed by atoms with Gasteiger partial charge in [0.15, 0.2) is 0 Å². The predicted molar refractivity (Wildman–Crippen MR) is 141 cm³/mol. The fourth-order valence-corrected chi connectivity index (χ4v) is 5.23. The quantitative estimate of drug-likeness (QED) is 0.292. The number of carbonyl (C=O) groups is 3. The molecule has 36 heavy (non-hydrogen) atoms. The van der Waals surface area contributed by atoms with E-state index in [-0.39, 0.29) is 22.0 Å². The number of benzene rings is 2. The average Bonchev–Trinajstić information content (AvgIpc) is 3.19. The van der Waals surface area contributed by atoms with Gasteiger partial charge in [-0.25, -0.2) is 14.6 Å². The summed E-state index contributed by atoms with van der Waals surface area (Å²) < 4.78 is 10.0. The number of halogens is 1. The number of nitrogens with one attached hydrogen (secondary N) is 1. The number of thiophene rings is 1. The van der Waals surface area contributed by atoms with Crippen molar-refractivity contribution in [1.29, 1.82) is 0 Å². The molecule has 184 valence electrons. The molecule has 0 spiro atoms. The molecule has 0 fully saturated rings. The molecule has 0 aliphatic carbocycles. The number of amides is 1. The van der Waals surface area contributed by atoms with Crippen LogP contribution in [-0.4, -0.2) is 36.5 Å². The first-order valence-electron chi connectivity index (χ1n) is 11.1. The monoisotopic (exact) mass is 522 g/mol. The molecule has 9 heteroatoms. The van der Waals surface area contributed by atoms with Crippen LogP contribution in [0.2, 0.25) is 5.02 Å². The third-order valence-electron chi connectivity index (χ3n) is 5.68. The van der Waals surface area contributed by atoms with E-state index in [1.54, 1.807) is 38.1 Å². The molecule has 2 heterocycles. The Kier molecular flexibility index (Phi) is 7.37. The molecule has 0 unspecified atom stereocenters. The van der Waals surface area contributed by atoms with Crippen LogP contribution in [0, 0.1) is 13.8 Å². The van der Waals surface area contributed by atoms with E-state index in [0.29, 0.717) is 32.7 Å². The zero-order valence-electron chi connectivity index (χ0n) is 20.1. The first kappa shape index (κ1) is 25.3. The van der Waals surface area contributed by atoms with Crippen LogP contribution in [0.15, 0.2) is 48.5 Å².